The zero-order chi connectivity index (χ0) is 16.8. The molecule has 0 fully saturated rings. The Kier molecular flexibility index (Phi) is 5.24. The van der Waals surface area contributed by atoms with Crippen LogP contribution >= 0.6 is 0 Å². The van der Waals surface area contributed by atoms with Crippen LogP contribution in [0.4, 0.5) is 15.8 Å². The van der Waals surface area contributed by atoms with Crippen LogP contribution in [0.15, 0.2) is 42.5 Å². The summed E-state index contributed by atoms with van der Waals surface area (Å²) in [6.45, 7) is 1.79. The molecular formula is C16H15FN2O4. The minimum atomic E-state index is -0.534. The van der Waals surface area contributed by atoms with Crippen LogP contribution in [0.25, 0.3) is 0 Å². The summed E-state index contributed by atoms with van der Waals surface area (Å²) in [5.74, 6) is -0.588. The first-order valence-corrected chi connectivity index (χ1v) is 6.89. The Morgan fingerprint density at radius 2 is 1.96 bits per heavy atom. The van der Waals surface area contributed by atoms with Crippen LogP contribution in [0, 0.1) is 22.9 Å². The van der Waals surface area contributed by atoms with Gasteiger partial charge >= 0.3 is 5.69 Å². The van der Waals surface area contributed by atoms with Gasteiger partial charge in [0.05, 0.1) is 18.0 Å². The average molecular weight is 318 g/mol. The van der Waals surface area contributed by atoms with Crippen LogP contribution < -0.4 is 10.1 Å². The lowest BCUT2D eigenvalue weighted by atomic mass is 10.2. The van der Waals surface area contributed by atoms with Crippen molar-refractivity contribution in [1.82, 2.24) is 0 Å². The molecule has 1 amide bonds. The van der Waals surface area contributed by atoms with Crippen LogP contribution in [-0.4, -0.2) is 17.4 Å². The molecule has 0 heterocycles. The Morgan fingerprint density at radius 3 is 2.61 bits per heavy atom. The summed E-state index contributed by atoms with van der Waals surface area (Å²) in [4.78, 5) is 22.1. The van der Waals surface area contributed by atoms with E-state index in [1.54, 1.807) is 19.1 Å². The molecule has 2 aromatic carbocycles. The second-order valence-electron chi connectivity index (χ2n) is 4.88. The Labute approximate surface area is 132 Å². The normalized spacial score (nSPS) is 10.2. The topological polar surface area (TPSA) is 81.5 Å². The first kappa shape index (κ1) is 16.4. The fourth-order valence-corrected chi connectivity index (χ4v) is 1.90. The number of anilines is 1. The highest BCUT2D eigenvalue weighted by atomic mass is 19.1. The molecule has 0 atom stereocenters. The maximum Gasteiger partial charge on any atom is 0.310 e. The molecule has 23 heavy (non-hydrogen) atoms. The molecular weight excluding hydrogens is 303 g/mol. The maximum atomic E-state index is 12.8. The summed E-state index contributed by atoms with van der Waals surface area (Å²) in [7, 11) is 0. The number of carbonyl (C=O) groups excluding carboxylic acids is 1. The van der Waals surface area contributed by atoms with Gasteiger partial charge in [-0.2, -0.15) is 0 Å². The zero-order valence-electron chi connectivity index (χ0n) is 12.4. The van der Waals surface area contributed by atoms with Gasteiger partial charge in [-0.15, -0.1) is 0 Å². The third-order valence-corrected chi connectivity index (χ3v) is 3.03. The minimum Gasteiger partial charge on any atom is -0.486 e. The number of rotatable bonds is 6. The van der Waals surface area contributed by atoms with Gasteiger partial charge in [0.25, 0.3) is 0 Å². The van der Waals surface area contributed by atoms with Crippen LogP contribution in [0.2, 0.25) is 0 Å². The van der Waals surface area contributed by atoms with E-state index in [2.05, 4.69) is 5.32 Å². The highest BCUT2D eigenvalue weighted by molar-refractivity contribution is 5.90. The van der Waals surface area contributed by atoms with Gasteiger partial charge in [0, 0.05) is 11.8 Å². The SMILES string of the molecule is Cc1ccc([N+](=O)[O-])c(OCCC(=O)Nc2ccc(F)cc2)c1. The van der Waals surface area contributed by atoms with Crippen molar-refractivity contribution >= 4 is 17.3 Å². The quantitative estimate of drug-likeness (QED) is 0.653. The monoisotopic (exact) mass is 318 g/mol. The fourth-order valence-electron chi connectivity index (χ4n) is 1.90. The summed E-state index contributed by atoms with van der Waals surface area (Å²) in [5.41, 5.74) is 1.15. The van der Waals surface area contributed by atoms with Gasteiger partial charge in [-0.1, -0.05) is 6.07 Å². The minimum absolute atomic E-state index is 0.00266. The third kappa shape index (κ3) is 4.77. The molecule has 0 aliphatic heterocycles. The van der Waals surface area contributed by atoms with Gasteiger partial charge in [-0.25, -0.2) is 4.39 Å². The number of halogens is 1. The Hall–Kier alpha value is -2.96. The average Bonchev–Trinajstić information content (AvgIpc) is 2.49. The van der Waals surface area contributed by atoms with Crippen molar-refractivity contribution in [1.29, 1.82) is 0 Å². The molecule has 2 rings (SSSR count). The molecule has 0 spiro atoms. The number of nitrogens with one attached hydrogen (secondary N) is 1. The maximum absolute atomic E-state index is 12.8. The van der Waals surface area contributed by atoms with Gasteiger partial charge in [0.15, 0.2) is 5.75 Å². The van der Waals surface area contributed by atoms with Crippen molar-refractivity contribution in [3.63, 3.8) is 0 Å². The summed E-state index contributed by atoms with van der Waals surface area (Å²) in [5, 5.41) is 13.5. The lowest BCUT2D eigenvalue weighted by Crippen LogP contribution is -2.15. The Bertz CT molecular complexity index is 717. The number of carbonyl (C=O) groups is 1. The molecule has 0 bridgehead atoms. The van der Waals surface area contributed by atoms with Crippen molar-refractivity contribution in [2.45, 2.75) is 13.3 Å². The molecule has 6 nitrogen and oxygen atoms in total. The Balaban J connectivity index is 1.89. The first-order valence-electron chi connectivity index (χ1n) is 6.89. The number of nitrogens with zero attached hydrogens (tertiary/aromatic N) is 1. The van der Waals surface area contributed by atoms with Gasteiger partial charge in [0.1, 0.15) is 5.82 Å². The predicted octanol–water partition coefficient (Wildman–Crippen LogP) is 3.45. The van der Waals surface area contributed by atoms with E-state index < -0.39 is 10.7 Å². The van der Waals surface area contributed by atoms with Crippen LogP contribution in [0.1, 0.15) is 12.0 Å². The van der Waals surface area contributed by atoms with Gasteiger partial charge in [-0.3, -0.25) is 14.9 Å². The number of hydrogen-bond donors (Lipinski definition) is 1. The molecule has 0 aromatic heterocycles. The number of amides is 1. The van der Waals surface area contributed by atoms with Gasteiger partial charge < -0.3 is 10.1 Å². The van der Waals surface area contributed by atoms with Crippen LogP contribution in [0.3, 0.4) is 0 Å². The number of hydrogen-bond acceptors (Lipinski definition) is 4. The van der Waals surface area contributed by atoms with E-state index in [-0.39, 0.29) is 30.4 Å². The molecule has 0 saturated heterocycles. The van der Waals surface area contributed by atoms with E-state index in [1.165, 1.54) is 30.3 Å². The second kappa shape index (κ2) is 7.35. The molecule has 0 radical (unpaired) electrons. The molecule has 7 heteroatoms. The van der Waals surface area contributed by atoms with Crippen molar-refractivity contribution in [3.05, 3.63) is 64.0 Å². The van der Waals surface area contributed by atoms with E-state index >= 15 is 0 Å². The van der Waals surface area contributed by atoms with E-state index in [4.69, 9.17) is 4.74 Å². The van der Waals surface area contributed by atoms with Crippen molar-refractivity contribution in [3.8, 4) is 5.75 Å². The fraction of sp³-hybridized carbons (Fsp3) is 0.188. The van der Waals surface area contributed by atoms with E-state index in [0.29, 0.717) is 5.69 Å². The van der Waals surface area contributed by atoms with Crippen molar-refractivity contribution in [2.75, 3.05) is 11.9 Å². The zero-order valence-corrected chi connectivity index (χ0v) is 12.4. The molecule has 0 saturated carbocycles. The number of benzene rings is 2. The second-order valence-corrected chi connectivity index (χ2v) is 4.88. The number of aryl methyl sites for hydroxylation is 1. The lowest BCUT2D eigenvalue weighted by Gasteiger charge is -2.08. The summed E-state index contributed by atoms with van der Waals surface area (Å²) >= 11 is 0. The highest BCUT2D eigenvalue weighted by Gasteiger charge is 2.15. The van der Waals surface area contributed by atoms with E-state index in [1.807, 2.05) is 0 Å². The molecule has 0 aliphatic rings. The summed E-state index contributed by atoms with van der Waals surface area (Å²) in [6, 6.07) is 9.90. The summed E-state index contributed by atoms with van der Waals surface area (Å²) < 4.78 is 18.1. The molecule has 120 valence electrons. The van der Waals surface area contributed by atoms with Crippen molar-refractivity contribution < 1.29 is 18.8 Å². The standard InChI is InChI=1S/C16H15FN2O4/c1-11-2-7-14(19(21)22)15(10-11)23-9-8-16(20)18-13-5-3-12(17)4-6-13/h2-7,10H,8-9H2,1H3,(H,18,20). The molecule has 2 aromatic rings. The van der Waals surface area contributed by atoms with Crippen LogP contribution in [0.5, 0.6) is 5.75 Å². The highest BCUT2D eigenvalue weighted by Crippen LogP contribution is 2.27. The summed E-state index contributed by atoms with van der Waals surface area (Å²) in [6.07, 6.45) is 0.0163. The number of nitro groups is 1. The number of nitro benzene ring substituents is 1. The molecule has 0 aliphatic carbocycles. The molecule has 0 unspecified atom stereocenters. The molecule has 1 N–H and O–H groups in total. The van der Waals surface area contributed by atoms with Gasteiger partial charge in [0.2, 0.25) is 5.91 Å². The lowest BCUT2D eigenvalue weighted by molar-refractivity contribution is -0.385. The van der Waals surface area contributed by atoms with E-state index in [0.717, 1.165) is 5.56 Å². The first-order chi connectivity index (χ1) is 11.0. The van der Waals surface area contributed by atoms with Crippen molar-refractivity contribution in [2.24, 2.45) is 0 Å². The largest absolute Gasteiger partial charge is 0.486 e. The van der Waals surface area contributed by atoms with E-state index in [9.17, 15) is 19.3 Å². The third-order valence-electron chi connectivity index (χ3n) is 3.03. The predicted molar refractivity (Wildman–Crippen MR) is 83.0 cm³/mol. The van der Waals surface area contributed by atoms with Crippen LogP contribution in [-0.2, 0) is 4.79 Å². The number of ether oxygens (including phenoxy) is 1. The Morgan fingerprint density at radius 1 is 1.26 bits per heavy atom. The van der Waals surface area contributed by atoms with Gasteiger partial charge in [-0.05, 0) is 42.8 Å². The smallest absolute Gasteiger partial charge is 0.310 e.